The second-order valence-corrected chi connectivity index (χ2v) is 3.52. The van der Waals surface area contributed by atoms with Gasteiger partial charge in [0.05, 0.1) is 6.21 Å². The number of halogens is 1. The fourth-order valence-electron chi connectivity index (χ4n) is 0.863. The van der Waals surface area contributed by atoms with E-state index in [1.54, 1.807) is 12.3 Å². The molecule has 0 N–H and O–H groups in total. The number of benzene rings is 1. The molecule has 0 atom stereocenters. The van der Waals surface area contributed by atoms with Crippen molar-refractivity contribution in [3.05, 3.63) is 47.0 Å². The van der Waals surface area contributed by atoms with E-state index in [4.69, 9.17) is 4.84 Å². The molecule has 0 amide bonds. The van der Waals surface area contributed by atoms with Gasteiger partial charge in [-0.15, -0.1) is 6.58 Å². The zero-order valence-electron chi connectivity index (χ0n) is 7.82. The largest absolute Gasteiger partial charge is 0.395 e. The van der Waals surface area contributed by atoms with E-state index in [0.717, 1.165) is 16.5 Å². The number of oxime groups is 1. The maximum atomic E-state index is 5.01. The predicted octanol–water partition coefficient (Wildman–Crippen LogP) is 3.38. The van der Waals surface area contributed by atoms with Crippen LogP contribution in [0.15, 0.2) is 46.5 Å². The molecule has 0 aliphatic heterocycles. The first-order valence-electron chi connectivity index (χ1n) is 4.35. The molecule has 0 fully saturated rings. The Hall–Kier alpha value is -1.09. The molecule has 0 spiro atoms. The van der Waals surface area contributed by atoms with Crippen LogP contribution in [0.1, 0.15) is 12.0 Å². The summed E-state index contributed by atoms with van der Waals surface area (Å²) < 4.78 is 1.01. The summed E-state index contributed by atoms with van der Waals surface area (Å²) >= 11 is 3.42. The molecule has 1 aromatic rings. The van der Waals surface area contributed by atoms with Gasteiger partial charge in [-0.25, -0.2) is 0 Å². The highest BCUT2D eigenvalue weighted by Crippen LogP contribution is 2.13. The van der Waals surface area contributed by atoms with Crippen LogP contribution in [0.25, 0.3) is 0 Å². The summed E-state index contributed by atoms with van der Waals surface area (Å²) in [6.45, 7) is 4.17. The van der Waals surface area contributed by atoms with Gasteiger partial charge in [-0.2, -0.15) is 0 Å². The minimum absolute atomic E-state index is 0.574. The monoisotopic (exact) mass is 253 g/mol. The van der Waals surface area contributed by atoms with Crippen LogP contribution in [0, 0.1) is 0 Å². The maximum absolute atomic E-state index is 5.01. The average Bonchev–Trinajstić information content (AvgIpc) is 2.20. The molecule has 0 aliphatic carbocycles. The van der Waals surface area contributed by atoms with E-state index in [0.29, 0.717) is 6.61 Å². The highest BCUT2D eigenvalue weighted by molar-refractivity contribution is 9.10. The van der Waals surface area contributed by atoms with Gasteiger partial charge in [-0.1, -0.05) is 45.4 Å². The third-order valence-corrected chi connectivity index (χ3v) is 2.31. The molecule has 1 rings (SSSR count). The highest BCUT2D eigenvalue weighted by atomic mass is 79.9. The van der Waals surface area contributed by atoms with Crippen LogP contribution in [0.3, 0.4) is 0 Å². The predicted molar refractivity (Wildman–Crippen MR) is 62.5 cm³/mol. The maximum Gasteiger partial charge on any atom is 0.120 e. The Balaban J connectivity index is 2.43. The fourth-order valence-corrected chi connectivity index (χ4v) is 1.25. The summed E-state index contributed by atoms with van der Waals surface area (Å²) in [6.07, 6.45) is 4.30. The van der Waals surface area contributed by atoms with E-state index in [-0.39, 0.29) is 0 Å². The minimum atomic E-state index is 0.574. The fraction of sp³-hybridized carbons (Fsp3) is 0.182. The lowest BCUT2D eigenvalue weighted by Gasteiger charge is -1.97. The first-order chi connectivity index (χ1) is 6.84. The quantitative estimate of drug-likeness (QED) is 0.341. The molecule has 0 unspecified atom stereocenters. The van der Waals surface area contributed by atoms with Gasteiger partial charge in [0.15, 0.2) is 0 Å². The number of rotatable bonds is 5. The normalized spacial score (nSPS) is 10.4. The molecular weight excluding hydrogens is 242 g/mol. The number of hydrogen-bond acceptors (Lipinski definition) is 2. The van der Waals surface area contributed by atoms with E-state index >= 15 is 0 Å². The lowest BCUT2D eigenvalue weighted by molar-refractivity contribution is 0.151. The van der Waals surface area contributed by atoms with E-state index in [2.05, 4.69) is 27.7 Å². The Kier molecular flexibility index (Phi) is 5.00. The Morgan fingerprint density at radius 2 is 2.21 bits per heavy atom. The van der Waals surface area contributed by atoms with Crippen molar-refractivity contribution in [3.63, 3.8) is 0 Å². The Morgan fingerprint density at radius 3 is 2.93 bits per heavy atom. The van der Waals surface area contributed by atoms with E-state index in [1.807, 2.05) is 24.3 Å². The van der Waals surface area contributed by atoms with Crippen LogP contribution in [0.4, 0.5) is 0 Å². The smallest absolute Gasteiger partial charge is 0.120 e. The molecule has 74 valence electrons. The highest BCUT2D eigenvalue weighted by Gasteiger charge is 1.92. The summed E-state index contributed by atoms with van der Waals surface area (Å²) in [5, 5.41) is 3.84. The Morgan fingerprint density at radius 1 is 1.43 bits per heavy atom. The van der Waals surface area contributed by atoms with Gasteiger partial charge in [-0.3, -0.25) is 0 Å². The third kappa shape index (κ3) is 3.75. The van der Waals surface area contributed by atoms with Crippen LogP contribution in [0.5, 0.6) is 0 Å². The summed E-state index contributed by atoms with van der Waals surface area (Å²) in [6, 6.07) is 7.84. The molecule has 0 radical (unpaired) electrons. The SMILES string of the molecule is C=CCCON=Cc1ccccc1Br. The van der Waals surface area contributed by atoms with Crippen molar-refractivity contribution >= 4 is 22.1 Å². The van der Waals surface area contributed by atoms with E-state index in [9.17, 15) is 0 Å². The van der Waals surface area contributed by atoms with Crippen LogP contribution >= 0.6 is 15.9 Å². The number of hydrogen-bond donors (Lipinski definition) is 0. The van der Waals surface area contributed by atoms with Gasteiger partial charge < -0.3 is 4.84 Å². The first kappa shape index (κ1) is 11.0. The molecule has 0 heterocycles. The van der Waals surface area contributed by atoms with Crippen LogP contribution < -0.4 is 0 Å². The van der Waals surface area contributed by atoms with Gasteiger partial charge in [0.2, 0.25) is 0 Å². The Labute approximate surface area is 92.4 Å². The van der Waals surface area contributed by atoms with E-state index < -0.39 is 0 Å². The molecule has 0 aliphatic rings. The van der Waals surface area contributed by atoms with Gasteiger partial charge in [0.1, 0.15) is 6.61 Å². The number of nitrogens with zero attached hydrogens (tertiary/aromatic N) is 1. The molecule has 0 saturated heterocycles. The van der Waals surface area contributed by atoms with Crippen molar-refractivity contribution < 1.29 is 4.84 Å². The van der Waals surface area contributed by atoms with E-state index in [1.165, 1.54) is 0 Å². The van der Waals surface area contributed by atoms with Crippen molar-refractivity contribution in [1.29, 1.82) is 0 Å². The molecule has 3 heteroatoms. The summed E-state index contributed by atoms with van der Waals surface area (Å²) in [4.78, 5) is 5.01. The minimum Gasteiger partial charge on any atom is -0.395 e. The molecule has 2 nitrogen and oxygen atoms in total. The molecule has 0 bridgehead atoms. The standard InChI is InChI=1S/C11H12BrNO/c1-2-3-8-14-13-9-10-6-4-5-7-11(10)12/h2,4-7,9H,1,3,8H2. The topological polar surface area (TPSA) is 21.6 Å². The summed E-state index contributed by atoms with van der Waals surface area (Å²) in [5.74, 6) is 0. The molecule has 1 aromatic carbocycles. The summed E-state index contributed by atoms with van der Waals surface area (Å²) in [5.41, 5.74) is 1.01. The van der Waals surface area contributed by atoms with Crippen LogP contribution in [-0.2, 0) is 4.84 Å². The molecular formula is C11H12BrNO. The summed E-state index contributed by atoms with van der Waals surface area (Å²) in [7, 11) is 0. The zero-order valence-corrected chi connectivity index (χ0v) is 9.40. The van der Waals surface area contributed by atoms with Crippen molar-refractivity contribution in [3.8, 4) is 0 Å². The molecule has 0 saturated carbocycles. The van der Waals surface area contributed by atoms with Gasteiger partial charge in [-0.05, 0) is 6.07 Å². The zero-order chi connectivity index (χ0) is 10.2. The van der Waals surface area contributed by atoms with Crippen molar-refractivity contribution in [1.82, 2.24) is 0 Å². The van der Waals surface area contributed by atoms with Gasteiger partial charge >= 0.3 is 0 Å². The van der Waals surface area contributed by atoms with Crippen LogP contribution in [0.2, 0.25) is 0 Å². The molecule has 14 heavy (non-hydrogen) atoms. The van der Waals surface area contributed by atoms with Crippen molar-refractivity contribution in [2.45, 2.75) is 6.42 Å². The average molecular weight is 254 g/mol. The Bertz CT molecular complexity index is 323. The van der Waals surface area contributed by atoms with Gasteiger partial charge in [0.25, 0.3) is 0 Å². The van der Waals surface area contributed by atoms with Crippen molar-refractivity contribution in [2.75, 3.05) is 6.61 Å². The second-order valence-electron chi connectivity index (χ2n) is 2.67. The van der Waals surface area contributed by atoms with Crippen molar-refractivity contribution in [2.24, 2.45) is 5.16 Å². The van der Waals surface area contributed by atoms with Gasteiger partial charge in [0, 0.05) is 16.5 Å². The van der Waals surface area contributed by atoms with Crippen LogP contribution in [-0.4, -0.2) is 12.8 Å². The molecule has 0 aromatic heterocycles. The first-order valence-corrected chi connectivity index (χ1v) is 5.14. The lowest BCUT2D eigenvalue weighted by atomic mass is 10.2. The second kappa shape index (κ2) is 6.38. The third-order valence-electron chi connectivity index (χ3n) is 1.58. The lowest BCUT2D eigenvalue weighted by Crippen LogP contribution is -1.87.